The van der Waals surface area contributed by atoms with Gasteiger partial charge in [0.25, 0.3) is 0 Å². The summed E-state index contributed by atoms with van der Waals surface area (Å²) < 4.78 is 6.88. The average Bonchev–Trinajstić information content (AvgIpc) is 2.55. The van der Waals surface area contributed by atoms with Crippen molar-refractivity contribution < 1.29 is 4.43 Å². The van der Waals surface area contributed by atoms with Crippen molar-refractivity contribution in [2.24, 2.45) is 5.92 Å². The van der Waals surface area contributed by atoms with Gasteiger partial charge in [-0.05, 0) is 63.6 Å². The molecule has 0 radical (unpaired) electrons. The molecule has 0 aromatic carbocycles. The third kappa shape index (κ3) is 6.69. The summed E-state index contributed by atoms with van der Waals surface area (Å²) in [5.74, 6) is 3.45. The molecule has 2 atom stereocenters. The molecule has 1 nitrogen and oxygen atoms in total. The van der Waals surface area contributed by atoms with Crippen molar-refractivity contribution in [3.63, 3.8) is 0 Å². The molecule has 0 rings (SSSR count). The highest BCUT2D eigenvalue weighted by molar-refractivity contribution is 6.73. The van der Waals surface area contributed by atoms with E-state index in [0.717, 1.165) is 43.8 Å². The van der Waals surface area contributed by atoms with E-state index in [0.29, 0.717) is 5.92 Å². The van der Waals surface area contributed by atoms with E-state index in [2.05, 4.69) is 60.1 Å². The third-order valence-electron chi connectivity index (χ3n) is 5.24. The third-order valence-corrected chi connectivity index (χ3v) is 9.91. The number of terminal acetylenes is 1. The van der Waals surface area contributed by atoms with Crippen LogP contribution in [0.4, 0.5) is 0 Å². The molecule has 0 saturated carbocycles. The van der Waals surface area contributed by atoms with E-state index in [1.165, 1.54) is 5.57 Å². The van der Waals surface area contributed by atoms with Gasteiger partial charge in [0.15, 0.2) is 8.32 Å². The van der Waals surface area contributed by atoms with Gasteiger partial charge in [-0.2, -0.15) is 0 Å². The Morgan fingerprint density at radius 2 is 1.78 bits per heavy atom. The predicted molar refractivity (Wildman–Crippen MR) is 107 cm³/mol. The van der Waals surface area contributed by atoms with Crippen molar-refractivity contribution in [2.75, 3.05) is 0 Å². The molecule has 0 aliphatic heterocycles. The second-order valence-corrected chi connectivity index (χ2v) is 11.7. The molecule has 0 fully saturated rings. The summed E-state index contributed by atoms with van der Waals surface area (Å²) in [6.07, 6.45) is 14.3. The summed E-state index contributed by atoms with van der Waals surface area (Å²) in [5, 5.41) is 0. The van der Waals surface area contributed by atoms with Crippen LogP contribution in [0.3, 0.4) is 0 Å². The number of allylic oxidation sites excluding steroid dienone is 3. The standard InChI is InChI=1S/C21H38OSi/c1-9-14-18-21(10-2,20(8)17-15-16-19(6)7)22-23(11-3,12-4)13-5/h2,9,16,20H,1,11-15,17-18H2,3-8H3/t20-,21?/m0/s1. The van der Waals surface area contributed by atoms with E-state index in [1.807, 2.05) is 6.08 Å². The first-order chi connectivity index (χ1) is 10.8. The van der Waals surface area contributed by atoms with Crippen LogP contribution in [0.15, 0.2) is 24.3 Å². The Labute approximate surface area is 146 Å². The lowest BCUT2D eigenvalue weighted by Crippen LogP contribution is -2.50. The van der Waals surface area contributed by atoms with Crippen LogP contribution in [-0.2, 0) is 4.43 Å². The van der Waals surface area contributed by atoms with Gasteiger partial charge in [-0.1, -0.05) is 51.3 Å². The van der Waals surface area contributed by atoms with E-state index in [9.17, 15) is 0 Å². The molecule has 0 bridgehead atoms. The van der Waals surface area contributed by atoms with Crippen LogP contribution < -0.4 is 0 Å². The van der Waals surface area contributed by atoms with Crippen molar-refractivity contribution >= 4 is 8.32 Å². The molecule has 0 saturated heterocycles. The molecule has 2 heteroatoms. The Hall–Kier alpha value is -0.783. The molecule has 0 amide bonds. The van der Waals surface area contributed by atoms with E-state index in [4.69, 9.17) is 10.8 Å². The van der Waals surface area contributed by atoms with E-state index >= 15 is 0 Å². The minimum atomic E-state index is -1.74. The molecule has 132 valence electrons. The molecule has 0 spiro atoms. The van der Waals surface area contributed by atoms with Crippen LogP contribution in [0.1, 0.15) is 67.2 Å². The molecule has 0 aromatic rings. The van der Waals surface area contributed by atoms with Gasteiger partial charge in [-0.15, -0.1) is 13.0 Å². The normalized spacial score (nSPS) is 15.3. The van der Waals surface area contributed by atoms with Gasteiger partial charge in [0.05, 0.1) is 0 Å². The summed E-state index contributed by atoms with van der Waals surface area (Å²) in [6.45, 7) is 17.2. The van der Waals surface area contributed by atoms with Crippen molar-refractivity contribution in [1.29, 1.82) is 0 Å². The first kappa shape index (κ1) is 22.2. The first-order valence-electron chi connectivity index (χ1n) is 9.27. The second kappa shape index (κ2) is 10.9. The highest BCUT2D eigenvalue weighted by Crippen LogP contribution is 2.37. The van der Waals surface area contributed by atoms with Gasteiger partial charge in [-0.3, -0.25) is 0 Å². The topological polar surface area (TPSA) is 9.23 Å². The van der Waals surface area contributed by atoms with Crippen molar-refractivity contribution in [2.45, 2.75) is 91.0 Å². The van der Waals surface area contributed by atoms with Crippen LogP contribution >= 0.6 is 0 Å². The molecule has 0 aliphatic rings. The maximum absolute atomic E-state index is 6.88. The van der Waals surface area contributed by atoms with Crippen LogP contribution in [0.5, 0.6) is 0 Å². The summed E-state index contributed by atoms with van der Waals surface area (Å²) in [5.41, 5.74) is 0.938. The lowest BCUT2D eigenvalue weighted by Gasteiger charge is -2.43. The van der Waals surface area contributed by atoms with Crippen LogP contribution in [0.2, 0.25) is 18.1 Å². The molecule has 0 aromatic heterocycles. The zero-order chi connectivity index (χ0) is 17.9. The second-order valence-electron chi connectivity index (χ2n) is 6.97. The quantitative estimate of drug-likeness (QED) is 0.218. The zero-order valence-electron chi connectivity index (χ0n) is 16.4. The van der Waals surface area contributed by atoms with Gasteiger partial charge < -0.3 is 4.43 Å². The van der Waals surface area contributed by atoms with Crippen LogP contribution in [0, 0.1) is 18.3 Å². The minimum absolute atomic E-state index is 0.361. The van der Waals surface area contributed by atoms with Crippen molar-refractivity contribution in [1.82, 2.24) is 0 Å². The molecule has 1 unspecified atom stereocenters. The number of hydrogen-bond acceptors (Lipinski definition) is 1. The lowest BCUT2D eigenvalue weighted by atomic mass is 9.82. The van der Waals surface area contributed by atoms with E-state index in [-0.39, 0.29) is 0 Å². The fourth-order valence-electron chi connectivity index (χ4n) is 3.17. The number of hydrogen-bond donors (Lipinski definition) is 0. The zero-order valence-corrected chi connectivity index (χ0v) is 17.4. The fourth-order valence-corrected chi connectivity index (χ4v) is 6.23. The largest absolute Gasteiger partial charge is 0.400 e. The number of rotatable bonds is 12. The van der Waals surface area contributed by atoms with Gasteiger partial charge >= 0.3 is 0 Å². The molecule has 0 aliphatic carbocycles. The van der Waals surface area contributed by atoms with E-state index < -0.39 is 13.9 Å². The maximum atomic E-state index is 6.88. The monoisotopic (exact) mass is 334 g/mol. The van der Waals surface area contributed by atoms with Gasteiger partial charge in [-0.25, -0.2) is 0 Å². The Kier molecular flexibility index (Phi) is 10.5. The Morgan fingerprint density at radius 1 is 1.22 bits per heavy atom. The molecular weight excluding hydrogens is 296 g/mol. The van der Waals surface area contributed by atoms with Crippen molar-refractivity contribution in [3.8, 4) is 12.3 Å². The molecule has 0 heterocycles. The molecule has 23 heavy (non-hydrogen) atoms. The predicted octanol–water partition coefficient (Wildman–Crippen LogP) is 6.73. The molecular formula is C21H38OSi. The van der Waals surface area contributed by atoms with Crippen molar-refractivity contribution in [3.05, 3.63) is 24.3 Å². The lowest BCUT2D eigenvalue weighted by molar-refractivity contribution is 0.0489. The summed E-state index contributed by atoms with van der Waals surface area (Å²) in [6, 6.07) is 3.41. The first-order valence-corrected chi connectivity index (χ1v) is 11.8. The highest BCUT2D eigenvalue weighted by Gasteiger charge is 2.42. The fraction of sp³-hybridized carbons (Fsp3) is 0.714. The highest BCUT2D eigenvalue weighted by atomic mass is 28.4. The minimum Gasteiger partial charge on any atom is -0.400 e. The van der Waals surface area contributed by atoms with Crippen LogP contribution in [-0.4, -0.2) is 13.9 Å². The van der Waals surface area contributed by atoms with Gasteiger partial charge in [0, 0.05) is 0 Å². The van der Waals surface area contributed by atoms with Crippen LogP contribution in [0.25, 0.3) is 0 Å². The molecule has 0 N–H and O–H groups in total. The van der Waals surface area contributed by atoms with Gasteiger partial charge in [0.2, 0.25) is 0 Å². The van der Waals surface area contributed by atoms with E-state index in [1.54, 1.807) is 0 Å². The summed E-state index contributed by atoms with van der Waals surface area (Å²) in [4.78, 5) is 0. The average molecular weight is 335 g/mol. The summed E-state index contributed by atoms with van der Waals surface area (Å²) >= 11 is 0. The Bertz CT molecular complexity index is 402. The SMILES string of the molecule is C#CC(CCC=C)(O[Si](CC)(CC)CC)[C@@H](C)CCC=C(C)C. The Balaban J connectivity index is 5.40. The smallest absolute Gasteiger partial charge is 0.194 e. The summed E-state index contributed by atoms with van der Waals surface area (Å²) in [7, 11) is -1.74. The maximum Gasteiger partial charge on any atom is 0.194 e. The van der Waals surface area contributed by atoms with Gasteiger partial charge in [0.1, 0.15) is 5.60 Å². The Morgan fingerprint density at radius 3 is 2.17 bits per heavy atom.